The third-order valence-corrected chi connectivity index (χ3v) is 1.27. The molecule has 0 aliphatic heterocycles. The minimum atomic E-state index is -4.25. The predicted molar refractivity (Wildman–Crippen MR) is 28.9 cm³/mol. The van der Waals surface area contributed by atoms with Crippen molar-refractivity contribution in [2.24, 2.45) is 0 Å². The van der Waals surface area contributed by atoms with Gasteiger partial charge in [-0.1, -0.05) is 0 Å². The van der Waals surface area contributed by atoms with E-state index >= 15 is 0 Å². The first-order chi connectivity index (χ1) is 3.92. The van der Waals surface area contributed by atoms with Crippen molar-refractivity contribution in [3.8, 4) is 0 Å². The van der Waals surface area contributed by atoms with E-state index in [1.807, 2.05) is 0 Å². The largest absolute Gasteiger partial charge is 0.328 e. The van der Waals surface area contributed by atoms with Gasteiger partial charge in [0.25, 0.3) is 10.1 Å². The Bertz CT molecular complexity index is 158. The molecule has 0 bridgehead atoms. The average Bonchev–Trinajstić information content (AvgIpc) is 1.59. The molecule has 0 aromatic carbocycles. The van der Waals surface area contributed by atoms with Gasteiger partial charge in [0.05, 0.1) is 0 Å². The normalized spacial score (nSPS) is 12.4. The van der Waals surface area contributed by atoms with Crippen LogP contribution in [0.1, 0.15) is 0 Å². The summed E-state index contributed by atoms with van der Waals surface area (Å²) in [7, 11) is -6.95. The van der Waals surface area contributed by atoms with Crippen LogP contribution < -0.4 is 0 Å². The van der Waals surface area contributed by atoms with Crippen LogP contribution in [0.3, 0.4) is 0 Å². The van der Waals surface area contributed by atoms with Crippen LogP contribution in [-0.2, 0) is 14.6 Å². The van der Waals surface area contributed by atoms with Gasteiger partial charge in [-0.05, 0) is 0 Å². The van der Waals surface area contributed by atoms with Gasteiger partial charge < -0.3 is 9.79 Å². The van der Waals surface area contributed by atoms with Gasteiger partial charge in [0.15, 0.2) is 5.94 Å². The second kappa shape index (κ2) is 3.40. The van der Waals surface area contributed by atoms with Crippen LogP contribution in [0.25, 0.3) is 0 Å². The van der Waals surface area contributed by atoms with E-state index in [4.69, 9.17) is 14.3 Å². The van der Waals surface area contributed by atoms with Gasteiger partial charge in [-0.3, -0.25) is 9.08 Å². The van der Waals surface area contributed by atoms with Crippen LogP contribution in [0.2, 0.25) is 0 Å². The molecule has 3 N–H and O–H groups in total. The van der Waals surface area contributed by atoms with Crippen LogP contribution in [-0.4, -0.2) is 28.7 Å². The molecule has 0 radical (unpaired) electrons. The Morgan fingerprint density at radius 2 is 1.89 bits per heavy atom. The van der Waals surface area contributed by atoms with E-state index in [1.54, 1.807) is 0 Å². The maximum absolute atomic E-state index is 9.75. The Labute approximate surface area is 52.8 Å². The number of hydrogen-bond donors (Lipinski definition) is 3. The zero-order chi connectivity index (χ0) is 7.49. The van der Waals surface area contributed by atoms with E-state index in [2.05, 4.69) is 4.52 Å². The second-order valence-electron chi connectivity index (χ2n) is 1.08. The highest BCUT2D eigenvalue weighted by Crippen LogP contribution is 2.24. The van der Waals surface area contributed by atoms with Crippen molar-refractivity contribution < 1.29 is 27.3 Å². The molecule has 0 heterocycles. The summed E-state index contributed by atoms with van der Waals surface area (Å²) in [6.07, 6.45) is 0. The summed E-state index contributed by atoms with van der Waals surface area (Å²) in [5.41, 5.74) is 0. The van der Waals surface area contributed by atoms with Crippen LogP contribution >= 0.6 is 8.60 Å². The van der Waals surface area contributed by atoms with Crippen LogP contribution in [0.5, 0.6) is 0 Å². The molecule has 0 rings (SSSR count). The lowest BCUT2D eigenvalue weighted by Gasteiger charge is -1.98. The minimum Gasteiger partial charge on any atom is -0.328 e. The van der Waals surface area contributed by atoms with Crippen LogP contribution in [0.15, 0.2) is 0 Å². The van der Waals surface area contributed by atoms with Gasteiger partial charge in [-0.15, -0.1) is 0 Å². The monoisotopic (exact) mass is 176 g/mol. The minimum absolute atomic E-state index is 1.09. The second-order valence-corrected chi connectivity index (χ2v) is 3.24. The highest BCUT2D eigenvalue weighted by Gasteiger charge is 2.07. The van der Waals surface area contributed by atoms with E-state index in [9.17, 15) is 8.42 Å². The molecule has 0 fully saturated rings. The summed E-state index contributed by atoms with van der Waals surface area (Å²) < 4.78 is 31.2. The first kappa shape index (κ1) is 9.22. The van der Waals surface area contributed by atoms with Gasteiger partial charge in [0.1, 0.15) is 0 Å². The van der Waals surface area contributed by atoms with E-state index in [0.717, 1.165) is 0 Å². The predicted octanol–water partition coefficient (Wildman–Crippen LogP) is -0.940. The SMILES string of the molecule is O=S(=O)(O)COP(O)O. The van der Waals surface area contributed by atoms with Crippen molar-refractivity contribution in [1.29, 1.82) is 0 Å². The van der Waals surface area contributed by atoms with Gasteiger partial charge in [0.2, 0.25) is 0 Å². The molecular weight excluding hydrogens is 171 g/mol. The summed E-state index contributed by atoms with van der Waals surface area (Å²) in [5.74, 6) is -1.09. The van der Waals surface area contributed by atoms with E-state index in [-0.39, 0.29) is 0 Å². The molecule has 0 saturated heterocycles. The molecule has 0 saturated carbocycles. The summed E-state index contributed by atoms with van der Waals surface area (Å²) in [6.45, 7) is 0. The quantitative estimate of drug-likeness (QED) is 0.378. The maximum Gasteiger partial charge on any atom is 0.328 e. The molecule has 56 valence electrons. The fourth-order valence-electron chi connectivity index (χ4n) is 0.114. The Kier molecular flexibility index (Phi) is 3.49. The van der Waals surface area contributed by atoms with Crippen LogP contribution in [0, 0.1) is 0 Å². The zero-order valence-corrected chi connectivity index (χ0v) is 5.84. The van der Waals surface area contributed by atoms with Crippen molar-refractivity contribution in [3.05, 3.63) is 0 Å². The smallest absolute Gasteiger partial charge is 0.328 e. The Morgan fingerprint density at radius 3 is 2.00 bits per heavy atom. The molecular formula is CH5O6PS. The maximum atomic E-state index is 9.75. The molecule has 8 heteroatoms. The first-order valence-corrected chi connectivity index (χ1v) is 4.45. The number of rotatable bonds is 3. The van der Waals surface area contributed by atoms with Crippen LogP contribution in [0.4, 0.5) is 0 Å². The molecule has 0 unspecified atom stereocenters. The molecule has 9 heavy (non-hydrogen) atoms. The molecule has 6 nitrogen and oxygen atoms in total. The standard InChI is InChI=1S/CH5O6PS/c2-8(3)7-1-9(4,5)6/h2-3H,1H2,(H,4,5,6). The topological polar surface area (TPSA) is 104 Å². The van der Waals surface area contributed by atoms with Crippen molar-refractivity contribution in [2.75, 3.05) is 5.94 Å². The van der Waals surface area contributed by atoms with Crippen molar-refractivity contribution >= 4 is 18.7 Å². The Balaban J connectivity index is 3.53. The molecule has 0 aromatic rings. The summed E-state index contributed by atoms with van der Waals surface area (Å²) in [5, 5.41) is 0. The van der Waals surface area contributed by atoms with E-state index in [1.165, 1.54) is 0 Å². The Hall–Kier alpha value is 0.220. The lowest BCUT2D eigenvalue weighted by Crippen LogP contribution is -2.04. The van der Waals surface area contributed by atoms with Crippen molar-refractivity contribution in [1.82, 2.24) is 0 Å². The molecule has 0 atom stereocenters. The molecule has 0 aromatic heterocycles. The van der Waals surface area contributed by atoms with E-state index < -0.39 is 24.7 Å². The summed E-state index contributed by atoms with van der Waals surface area (Å²) >= 11 is 0. The van der Waals surface area contributed by atoms with Gasteiger partial charge in [-0.2, -0.15) is 8.42 Å². The fraction of sp³-hybridized carbons (Fsp3) is 1.00. The molecule has 0 amide bonds. The van der Waals surface area contributed by atoms with Gasteiger partial charge in [-0.25, -0.2) is 0 Å². The first-order valence-electron chi connectivity index (χ1n) is 1.68. The van der Waals surface area contributed by atoms with Crippen molar-refractivity contribution in [3.63, 3.8) is 0 Å². The Morgan fingerprint density at radius 1 is 1.44 bits per heavy atom. The summed E-state index contributed by atoms with van der Waals surface area (Å²) in [4.78, 5) is 15.9. The molecule has 0 aliphatic carbocycles. The molecule has 0 aliphatic rings. The average molecular weight is 176 g/mol. The highest BCUT2D eigenvalue weighted by atomic mass is 32.2. The third-order valence-electron chi connectivity index (χ3n) is 0.317. The van der Waals surface area contributed by atoms with Gasteiger partial charge in [0, 0.05) is 0 Å². The lowest BCUT2D eigenvalue weighted by atomic mass is 11.7. The highest BCUT2D eigenvalue weighted by molar-refractivity contribution is 7.85. The van der Waals surface area contributed by atoms with Gasteiger partial charge >= 0.3 is 8.60 Å². The van der Waals surface area contributed by atoms with E-state index in [0.29, 0.717) is 0 Å². The zero-order valence-electron chi connectivity index (χ0n) is 4.13. The fourth-order valence-corrected chi connectivity index (χ4v) is 1.02. The number of hydrogen-bond acceptors (Lipinski definition) is 5. The third kappa shape index (κ3) is 8.22. The molecule has 0 spiro atoms. The lowest BCUT2D eigenvalue weighted by molar-refractivity contribution is 0.283. The summed E-state index contributed by atoms with van der Waals surface area (Å²) in [6, 6.07) is 0. The van der Waals surface area contributed by atoms with Crippen molar-refractivity contribution in [2.45, 2.75) is 0 Å².